The van der Waals surface area contributed by atoms with Gasteiger partial charge in [-0.2, -0.15) is 0 Å². The average Bonchev–Trinajstić information content (AvgIpc) is 2.80. The molecule has 1 saturated heterocycles. The van der Waals surface area contributed by atoms with Crippen molar-refractivity contribution in [3.8, 4) is 0 Å². The van der Waals surface area contributed by atoms with Crippen LogP contribution >= 0.6 is 0 Å². The van der Waals surface area contributed by atoms with Crippen molar-refractivity contribution < 1.29 is 4.79 Å². The van der Waals surface area contributed by atoms with Crippen LogP contribution in [0, 0.1) is 11.8 Å². The molecule has 2 unspecified atom stereocenters. The van der Waals surface area contributed by atoms with Crippen molar-refractivity contribution in [2.75, 3.05) is 13.1 Å². The zero-order chi connectivity index (χ0) is 10.7. The molecular weight excluding hydrogens is 188 g/mol. The Bertz CT molecular complexity index is 220. The van der Waals surface area contributed by atoms with Crippen LogP contribution < -0.4 is 10.6 Å². The summed E-state index contributed by atoms with van der Waals surface area (Å²) in [6, 6.07) is 0.374. The van der Waals surface area contributed by atoms with Gasteiger partial charge in [-0.05, 0) is 44.7 Å². The smallest absolute Gasteiger partial charge is 0.220 e. The van der Waals surface area contributed by atoms with Gasteiger partial charge in [0.1, 0.15) is 0 Å². The fraction of sp³-hybridized carbons (Fsp3) is 0.917. The number of nitrogens with one attached hydrogen (secondary N) is 2. The molecule has 2 fully saturated rings. The lowest BCUT2D eigenvalue weighted by Crippen LogP contribution is -2.34. The summed E-state index contributed by atoms with van der Waals surface area (Å²) in [5.74, 6) is 1.71. The van der Waals surface area contributed by atoms with Crippen molar-refractivity contribution in [1.82, 2.24) is 10.6 Å². The molecular formula is C12H22N2O. The first-order valence-corrected chi connectivity index (χ1v) is 6.24. The Hall–Kier alpha value is -0.570. The molecule has 1 aliphatic carbocycles. The average molecular weight is 210 g/mol. The molecule has 1 heterocycles. The maximum atomic E-state index is 11.7. The lowest BCUT2D eigenvalue weighted by atomic mass is 10.0. The number of hydrogen-bond donors (Lipinski definition) is 2. The van der Waals surface area contributed by atoms with Gasteiger partial charge in [0, 0.05) is 12.5 Å². The summed E-state index contributed by atoms with van der Waals surface area (Å²) in [5.41, 5.74) is 0. The third-order valence-electron chi connectivity index (χ3n) is 3.43. The Morgan fingerprint density at radius 1 is 1.40 bits per heavy atom. The number of rotatable bonds is 5. The van der Waals surface area contributed by atoms with Gasteiger partial charge in [0.15, 0.2) is 0 Å². The Morgan fingerprint density at radius 2 is 2.20 bits per heavy atom. The molecule has 2 atom stereocenters. The molecule has 2 aliphatic rings. The summed E-state index contributed by atoms with van der Waals surface area (Å²) in [4.78, 5) is 11.7. The summed E-state index contributed by atoms with van der Waals surface area (Å²) < 4.78 is 0. The molecule has 0 aromatic heterocycles. The molecule has 3 nitrogen and oxygen atoms in total. The van der Waals surface area contributed by atoms with Crippen molar-refractivity contribution in [1.29, 1.82) is 0 Å². The quantitative estimate of drug-likeness (QED) is 0.718. The van der Waals surface area contributed by atoms with E-state index in [2.05, 4.69) is 17.6 Å². The standard InChI is InChI=1S/C12H22N2O/c1-9(6-10-2-3-10)14-12(15)7-11-4-5-13-8-11/h9-11,13H,2-8H2,1H3,(H,14,15). The molecule has 0 spiro atoms. The van der Waals surface area contributed by atoms with Gasteiger partial charge < -0.3 is 10.6 Å². The van der Waals surface area contributed by atoms with Gasteiger partial charge in [-0.1, -0.05) is 12.8 Å². The number of hydrogen-bond acceptors (Lipinski definition) is 2. The van der Waals surface area contributed by atoms with Crippen LogP contribution in [-0.4, -0.2) is 25.0 Å². The molecule has 1 saturated carbocycles. The Morgan fingerprint density at radius 3 is 2.80 bits per heavy atom. The largest absolute Gasteiger partial charge is 0.354 e. The van der Waals surface area contributed by atoms with Crippen LogP contribution in [0.1, 0.15) is 39.0 Å². The Balaban J connectivity index is 1.61. The molecule has 0 aromatic rings. The topological polar surface area (TPSA) is 41.1 Å². The van der Waals surface area contributed by atoms with Crippen LogP contribution in [-0.2, 0) is 4.79 Å². The van der Waals surface area contributed by atoms with Crippen LogP contribution in [0.2, 0.25) is 0 Å². The van der Waals surface area contributed by atoms with Crippen molar-refractivity contribution in [3.63, 3.8) is 0 Å². The highest BCUT2D eigenvalue weighted by molar-refractivity contribution is 5.76. The first kappa shape index (κ1) is 10.9. The van der Waals surface area contributed by atoms with Gasteiger partial charge in [-0.25, -0.2) is 0 Å². The Kier molecular flexibility index (Phi) is 3.62. The molecule has 0 bridgehead atoms. The molecule has 0 aromatic carbocycles. The third-order valence-corrected chi connectivity index (χ3v) is 3.43. The van der Waals surface area contributed by atoms with E-state index in [1.165, 1.54) is 19.3 Å². The lowest BCUT2D eigenvalue weighted by molar-refractivity contribution is -0.122. The fourth-order valence-corrected chi connectivity index (χ4v) is 2.40. The highest BCUT2D eigenvalue weighted by Gasteiger charge is 2.25. The SMILES string of the molecule is CC(CC1CC1)NC(=O)CC1CCNC1. The molecule has 1 amide bonds. The van der Waals surface area contributed by atoms with Crippen molar-refractivity contribution in [2.24, 2.45) is 11.8 Å². The number of carbonyl (C=O) groups excluding carboxylic acids is 1. The van der Waals surface area contributed by atoms with E-state index < -0.39 is 0 Å². The summed E-state index contributed by atoms with van der Waals surface area (Å²) in [7, 11) is 0. The second kappa shape index (κ2) is 4.97. The minimum Gasteiger partial charge on any atom is -0.354 e. The second-order valence-electron chi connectivity index (χ2n) is 5.21. The van der Waals surface area contributed by atoms with Crippen molar-refractivity contribution in [3.05, 3.63) is 0 Å². The molecule has 15 heavy (non-hydrogen) atoms. The van der Waals surface area contributed by atoms with Crippen LogP contribution in [0.25, 0.3) is 0 Å². The fourth-order valence-electron chi connectivity index (χ4n) is 2.40. The predicted molar refractivity (Wildman–Crippen MR) is 60.5 cm³/mol. The van der Waals surface area contributed by atoms with Gasteiger partial charge in [0.05, 0.1) is 0 Å². The van der Waals surface area contributed by atoms with Crippen LogP contribution in [0.15, 0.2) is 0 Å². The van der Waals surface area contributed by atoms with E-state index in [0.717, 1.165) is 25.4 Å². The van der Waals surface area contributed by atoms with Gasteiger partial charge in [-0.3, -0.25) is 4.79 Å². The zero-order valence-electron chi connectivity index (χ0n) is 9.59. The van der Waals surface area contributed by atoms with E-state index in [-0.39, 0.29) is 5.91 Å². The van der Waals surface area contributed by atoms with E-state index in [0.29, 0.717) is 18.4 Å². The highest BCUT2D eigenvalue weighted by atomic mass is 16.1. The normalized spacial score (nSPS) is 27.7. The minimum atomic E-state index is 0.247. The summed E-state index contributed by atoms with van der Waals surface area (Å²) >= 11 is 0. The monoisotopic (exact) mass is 210 g/mol. The van der Waals surface area contributed by atoms with Crippen molar-refractivity contribution in [2.45, 2.75) is 45.1 Å². The predicted octanol–water partition coefficient (Wildman–Crippen LogP) is 1.29. The van der Waals surface area contributed by atoms with E-state index in [1.54, 1.807) is 0 Å². The van der Waals surface area contributed by atoms with Crippen LogP contribution in [0.5, 0.6) is 0 Å². The van der Waals surface area contributed by atoms with E-state index >= 15 is 0 Å². The van der Waals surface area contributed by atoms with Gasteiger partial charge in [0.2, 0.25) is 5.91 Å². The lowest BCUT2D eigenvalue weighted by Gasteiger charge is -2.15. The molecule has 1 aliphatic heterocycles. The summed E-state index contributed by atoms with van der Waals surface area (Å²) in [5, 5.41) is 6.40. The van der Waals surface area contributed by atoms with E-state index in [1.807, 2.05) is 0 Å². The van der Waals surface area contributed by atoms with Crippen LogP contribution in [0.4, 0.5) is 0 Å². The molecule has 2 rings (SSSR count). The first-order valence-electron chi connectivity index (χ1n) is 6.24. The van der Waals surface area contributed by atoms with Gasteiger partial charge in [0.25, 0.3) is 0 Å². The van der Waals surface area contributed by atoms with Gasteiger partial charge in [-0.15, -0.1) is 0 Å². The summed E-state index contributed by atoms with van der Waals surface area (Å²) in [6.07, 6.45) is 5.78. The van der Waals surface area contributed by atoms with E-state index in [4.69, 9.17) is 0 Å². The second-order valence-corrected chi connectivity index (χ2v) is 5.21. The Labute approximate surface area is 92.0 Å². The highest BCUT2D eigenvalue weighted by Crippen LogP contribution is 2.33. The van der Waals surface area contributed by atoms with E-state index in [9.17, 15) is 4.79 Å². The number of amides is 1. The zero-order valence-corrected chi connectivity index (χ0v) is 9.59. The summed E-state index contributed by atoms with van der Waals surface area (Å²) in [6.45, 7) is 4.23. The molecule has 3 heteroatoms. The molecule has 0 radical (unpaired) electrons. The maximum Gasteiger partial charge on any atom is 0.220 e. The van der Waals surface area contributed by atoms with Crippen LogP contribution in [0.3, 0.4) is 0 Å². The molecule has 86 valence electrons. The third kappa shape index (κ3) is 3.82. The van der Waals surface area contributed by atoms with Crippen molar-refractivity contribution >= 4 is 5.91 Å². The molecule has 2 N–H and O–H groups in total. The minimum absolute atomic E-state index is 0.247. The van der Waals surface area contributed by atoms with Gasteiger partial charge >= 0.3 is 0 Å². The first-order chi connectivity index (χ1) is 7.24. The number of carbonyl (C=O) groups is 1. The maximum absolute atomic E-state index is 11.7.